The Hall–Kier alpha value is -1.47. The van der Waals surface area contributed by atoms with Crippen LogP contribution < -0.4 is 15.6 Å². The molecule has 0 aromatic heterocycles. The van der Waals surface area contributed by atoms with Gasteiger partial charge in [0.2, 0.25) is 0 Å². The summed E-state index contributed by atoms with van der Waals surface area (Å²) in [5, 5.41) is 4.87. The van der Waals surface area contributed by atoms with Crippen LogP contribution in [0.25, 0.3) is 0 Å². The topological polar surface area (TPSA) is 0 Å². The summed E-state index contributed by atoms with van der Waals surface area (Å²) in [7, 11) is -5.12. The highest BCUT2D eigenvalue weighted by Crippen LogP contribution is 2.36. The van der Waals surface area contributed by atoms with E-state index in [1.807, 2.05) is 0 Å². The van der Waals surface area contributed by atoms with Crippen LogP contribution in [0.4, 0.5) is 0 Å². The van der Waals surface area contributed by atoms with E-state index in [0.29, 0.717) is 0 Å². The van der Waals surface area contributed by atoms with E-state index in [0.717, 1.165) is 0 Å². The standard InChI is InChI=1S/C25H36Si4/c1-26(2,3)28(7,27(4,5)6)29(23-17-11-8-12-18-23,24-19-13-9-14-20-24)25-21-15-10-16-22-25/h8-22H,1-7H3. The maximum absolute atomic E-state index is 2.82. The van der Waals surface area contributed by atoms with Gasteiger partial charge < -0.3 is 0 Å². The lowest BCUT2D eigenvalue weighted by Crippen LogP contribution is -2.94. The smallest absolute Gasteiger partial charge is 0.0738 e. The molecule has 0 amide bonds. The van der Waals surface area contributed by atoms with Crippen LogP contribution in [0.5, 0.6) is 0 Å². The average Bonchev–Trinajstić information content (AvgIpc) is 2.69. The Bertz CT molecular complexity index is 813. The number of benzene rings is 3. The first-order valence-corrected chi connectivity index (χ1v) is 25.2. The molecule has 0 aliphatic heterocycles. The molecule has 0 atom stereocenters. The summed E-state index contributed by atoms with van der Waals surface area (Å²) in [6.45, 7) is 17.1. The van der Waals surface area contributed by atoms with Crippen molar-refractivity contribution in [2.75, 3.05) is 0 Å². The fourth-order valence-electron chi connectivity index (χ4n) is 5.68. The summed E-state index contributed by atoms with van der Waals surface area (Å²) < 4.78 is 0. The molecule has 0 heterocycles. The third-order valence-corrected chi connectivity index (χ3v) is 77.3. The second-order valence-corrected chi connectivity index (χ2v) is 49.7. The maximum Gasteiger partial charge on any atom is 0.134 e. The Kier molecular flexibility index (Phi) is 6.12. The van der Waals surface area contributed by atoms with Crippen molar-refractivity contribution in [3.05, 3.63) is 91.0 Å². The van der Waals surface area contributed by atoms with Crippen molar-refractivity contribution in [1.82, 2.24) is 0 Å². The summed E-state index contributed by atoms with van der Waals surface area (Å²) >= 11 is 0. The highest BCUT2D eigenvalue weighted by Gasteiger charge is 2.66. The van der Waals surface area contributed by atoms with Crippen LogP contribution in [0.3, 0.4) is 0 Å². The van der Waals surface area contributed by atoms with Gasteiger partial charge >= 0.3 is 0 Å². The minimum Gasteiger partial charge on any atom is -0.0738 e. The number of rotatable bonds is 6. The van der Waals surface area contributed by atoms with Crippen LogP contribution in [0.1, 0.15) is 0 Å². The molecule has 0 bridgehead atoms. The van der Waals surface area contributed by atoms with Gasteiger partial charge in [0, 0.05) is 15.2 Å². The molecule has 29 heavy (non-hydrogen) atoms. The molecule has 0 fully saturated rings. The van der Waals surface area contributed by atoms with Crippen LogP contribution in [0, 0.1) is 0 Å². The lowest BCUT2D eigenvalue weighted by Gasteiger charge is -2.59. The monoisotopic (exact) mass is 448 g/mol. The molecule has 0 aliphatic rings. The molecule has 0 unspecified atom stereocenters. The van der Waals surface area contributed by atoms with E-state index in [2.05, 4.69) is 137 Å². The molecular formula is C25H36Si4. The molecule has 0 radical (unpaired) electrons. The van der Waals surface area contributed by atoms with Gasteiger partial charge in [-0.3, -0.25) is 0 Å². The van der Waals surface area contributed by atoms with Gasteiger partial charge in [-0.2, -0.15) is 0 Å². The molecule has 0 N–H and O–H groups in total. The Morgan fingerprint density at radius 2 is 0.621 bits per heavy atom. The zero-order valence-corrected chi connectivity index (χ0v) is 23.2. The molecule has 3 aromatic carbocycles. The van der Waals surface area contributed by atoms with E-state index in [4.69, 9.17) is 0 Å². The van der Waals surface area contributed by atoms with E-state index in [-0.39, 0.29) is 0 Å². The molecule has 0 saturated carbocycles. The quantitative estimate of drug-likeness (QED) is 0.361. The van der Waals surface area contributed by atoms with Crippen LogP contribution in [0.15, 0.2) is 91.0 Å². The van der Waals surface area contributed by atoms with Crippen molar-refractivity contribution in [2.24, 2.45) is 0 Å². The first kappa shape index (κ1) is 22.2. The first-order valence-electron chi connectivity index (χ1n) is 10.7. The zero-order chi connectivity index (χ0) is 21.3. The predicted octanol–water partition coefficient (Wildman–Crippen LogP) is 5.15. The van der Waals surface area contributed by atoms with Gasteiger partial charge in [-0.15, -0.1) is 0 Å². The highest BCUT2D eigenvalue weighted by atomic mass is 29.9. The SMILES string of the molecule is C[Si](C)(C)[Si](C)([Si](C)(C)C)[Si](c1ccccc1)(c1ccccc1)c1ccccc1. The van der Waals surface area contributed by atoms with Crippen molar-refractivity contribution in [3.63, 3.8) is 0 Å². The molecule has 0 spiro atoms. The molecule has 0 saturated heterocycles. The van der Waals surface area contributed by atoms with Crippen molar-refractivity contribution < 1.29 is 0 Å². The van der Waals surface area contributed by atoms with E-state index in [1.54, 1.807) is 15.6 Å². The zero-order valence-electron chi connectivity index (χ0n) is 19.2. The second kappa shape index (κ2) is 7.99. The Labute approximate surface area is 181 Å². The maximum atomic E-state index is 2.82. The largest absolute Gasteiger partial charge is 0.134 e. The third-order valence-electron chi connectivity index (χ3n) is 7.37. The fourth-order valence-corrected chi connectivity index (χ4v) is 83.5. The average molecular weight is 449 g/mol. The molecule has 4 heteroatoms. The van der Waals surface area contributed by atoms with Gasteiger partial charge in [-0.1, -0.05) is 152 Å². The fraction of sp³-hybridized carbons (Fsp3) is 0.280. The number of hydrogen-bond acceptors (Lipinski definition) is 0. The highest BCUT2D eigenvalue weighted by molar-refractivity contribution is 7.94. The summed E-state index contributed by atoms with van der Waals surface area (Å²) in [5.41, 5.74) is 0. The normalized spacial score (nSPS) is 13.3. The van der Waals surface area contributed by atoms with Gasteiger partial charge in [-0.05, 0) is 0 Å². The lowest BCUT2D eigenvalue weighted by molar-refractivity contribution is 1.68. The molecule has 152 valence electrons. The molecule has 3 rings (SSSR count). The minimum atomic E-state index is -2.19. The van der Waals surface area contributed by atoms with E-state index < -0.39 is 29.4 Å². The Morgan fingerprint density at radius 3 is 0.828 bits per heavy atom. The minimum absolute atomic E-state index is 1.47. The van der Waals surface area contributed by atoms with Gasteiger partial charge in [0.25, 0.3) is 0 Å². The van der Waals surface area contributed by atoms with Gasteiger partial charge in [0.05, 0.1) is 6.63 Å². The van der Waals surface area contributed by atoms with Gasteiger partial charge in [0.15, 0.2) is 0 Å². The van der Waals surface area contributed by atoms with E-state index in [9.17, 15) is 0 Å². The molecule has 3 aromatic rings. The van der Waals surface area contributed by atoms with Crippen molar-refractivity contribution in [1.29, 1.82) is 0 Å². The van der Waals surface area contributed by atoms with E-state index >= 15 is 0 Å². The van der Waals surface area contributed by atoms with Gasteiger partial charge in [0.1, 0.15) is 7.59 Å². The molecule has 0 nitrogen and oxygen atoms in total. The predicted molar refractivity (Wildman–Crippen MR) is 142 cm³/mol. The van der Waals surface area contributed by atoms with Crippen molar-refractivity contribution in [2.45, 2.75) is 45.8 Å². The summed E-state index contributed by atoms with van der Waals surface area (Å²) in [5.74, 6) is 0. The number of hydrogen-bond donors (Lipinski definition) is 0. The van der Waals surface area contributed by atoms with Crippen LogP contribution in [0.2, 0.25) is 45.8 Å². The third kappa shape index (κ3) is 3.50. The summed E-state index contributed by atoms with van der Waals surface area (Å²) in [6.07, 6.45) is 0. The Balaban J connectivity index is 2.60. The van der Waals surface area contributed by atoms with Crippen LogP contribution >= 0.6 is 0 Å². The Morgan fingerprint density at radius 1 is 0.379 bits per heavy atom. The lowest BCUT2D eigenvalue weighted by atomic mass is 10.3. The van der Waals surface area contributed by atoms with Crippen LogP contribution in [-0.4, -0.2) is 29.4 Å². The van der Waals surface area contributed by atoms with Crippen molar-refractivity contribution in [3.8, 4) is 0 Å². The molecular weight excluding hydrogens is 413 g/mol. The van der Waals surface area contributed by atoms with Crippen molar-refractivity contribution >= 4 is 45.0 Å². The van der Waals surface area contributed by atoms with Crippen LogP contribution in [-0.2, 0) is 0 Å². The first-order chi connectivity index (χ1) is 13.6. The van der Waals surface area contributed by atoms with E-state index in [1.165, 1.54) is 0 Å². The van der Waals surface area contributed by atoms with Gasteiger partial charge in [-0.25, -0.2) is 0 Å². The second-order valence-electron chi connectivity index (χ2n) is 10.5. The summed E-state index contributed by atoms with van der Waals surface area (Å²) in [6, 6.07) is 34.9. The molecule has 0 aliphatic carbocycles. The summed E-state index contributed by atoms with van der Waals surface area (Å²) in [4.78, 5) is 0.